The molecule has 2 unspecified atom stereocenters. The van der Waals surface area contributed by atoms with Crippen molar-refractivity contribution in [2.45, 2.75) is 52.0 Å². The minimum absolute atomic E-state index is 0.142. The van der Waals surface area contributed by atoms with Gasteiger partial charge in [-0.1, -0.05) is 26.7 Å². The van der Waals surface area contributed by atoms with Crippen LogP contribution in [0.15, 0.2) is 0 Å². The van der Waals surface area contributed by atoms with Crippen molar-refractivity contribution in [3.63, 3.8) is 0 Å². The molecule has 0 amide bonds. The van der Waals surface area contributed by atoms with Gasteiger partial charge in [0.2, 0.25) is 5.82 Å². The van der Waals surface area contributed by atoms with Crippen LogP contribution in [-0.4, -0.2) is 20.7 Å². The van der Waals surface area contributed by atoms with E-state index in [0.717, 1.165) is 12.8 Å². The van der Waals surface area contributed by atoms with Crippen molar-refractivity contribution >= 4 is 11.5 Å². The van der Waals surface area contributed by atoms with Gasteiger partial charge in [0, 0.05) is 13.1 Å². The summed E-state index contributed by atoms with van der Waals surface area (Å²) in [5.41, 5.74) is 0.696. The van der Waals surface area contributed by atoms with Crippen LogP contribution < -0.4 is 5.32 Å². The summed E-state index contributed by atoms with van der Waals surface area (Å²) in [6, 6.07) is 0.322. The lowest BCUT2D eigenvalue weighted by Gasteiger charge is -2.27. The molecule has 6 nitrogen and oxygen atoms in total. The number of hydrogen-bond acceptors (Lipinski definition) is 4. The molecule has 0 aliphatic heterocycles. The number of aromatic nitrogens is 2. The number of rotatable bonds is 4. The molecule has 0 saturated heterocycles. The molecule has 6 heteroatoms. The molecule has 0 aromatic carbocycles. The van der Waals surface area contributed by atoms with Gasteiger partial charge in [0.25, 0.3) is 0 Å². The van der Waals surface area contributed by atoms with Gasteiger partial charge in [0.05, 0.1) is 4.92 Å². The van der Waals surface area contributed by atoms with E-state index in [1.54, 1.807) is 11.7 Å². The highest BCUT2D eigenvalue weighted by molar-refractivity contribution is 5.60. The van der Waals surface area contributed by atoms with Gasteiger partial charge in [-0.15, -0.1) is 0 Å². The molecule has 1 heterocycles. The van der Waals surface area contributed by atoms with Crippen LogP contribution in [-0.2, 0) is 13.5 Å². The van der Waals surface area contributed by atoms with Crippen LogP contribution in [0.5, 0.6) is 0 Å². The molecule has 106 valence electrons. The monoisotopic (exact) mass is 266 g/mol. The smallest absolute Gasteiger partial charge is 0.333 e. The number of anilines is 1. The molecule has 1 N–H and O–H groups in total. The van der Waals surface area contributed by atoms with Crippen LogP contribution in [0.2, 0.25) is 0 Å². The van der Waals surface area contributed by atoms with Crippen molar-refractivity contribution in [1.82, 2.24) is 9.78 Å². The molecule has 2 atom stereocenters. The lowest BCUT2D eigenvalue weighted by atomic mass is 9.87. The molecule has 1 aromatic heterocycles. The van der Waals surface area contributed by atoms with Gasteiger partial charge in [0.1, 0.15) is 5.69 Å². The highest BCUT2D eigenvalue weighted by Crippen LogP contribution is 2.32. The Bertz CT molecular complexity index is 469. The molecular weight excluding hydrogens is 244 g/mol. The molecule has 0 radical (unpaired) electrons. The van der Waals surface area contributed by atoms with Crippen molar-refractivity contribution in [2.24, 2.45) is 13.0 Å². The van der Waals surface area contributed by atoms with Gasteiger partial charge in [-0.3, -0.25) is 10.1 Å². The second-order valence-corrected chi connectivity index (χ2v) is 5.49. The third kappa shape index (κ3) is 2.88. The predicted octanol–water partition coefficient (Wildman–Crippen LogP) is 2.88. The van der Waals surface area contributed by atoms with E-state index in [9.17, 15) is 10.1 Å². The van der Waals surface area contributed by atoms with Crippen molar-refractivity contribution in [3.05, 3.63) is 15.8 Å². The summed E-state index contributed by atoms with van der Waals surface area (Å²) >= 11 is 0. The maximum atomic E-state index is 11.2. The Morgan fingerprint density at radius 2 is 2.26 bits per heavy atom. The second-order valence-electron chi connectivity index (χ2n) is 5.49. The fourth-order valence-electron chi connectivity index (χ4n) is 2.92. The second kappa shape index (κ2) is 5.59. The highest BCUT2D eigenvalue weighted by Gasteiger charge is 2.28. The highest BCUT2D eigenvalue weighted by atomic mass is 16.6. The minimum atomic E-state index is -0.319. The van der Waals surface area contributed by atoms with Gasteiger partial charge in [-0.05, 0) is 25.2 Å². The van der Waals surface area contributed by atoms with Crippen molar-refractivity contribution in [3.8, 4) is 0 Å². The largest absolute Gasteiger partial charge is 0.362 e. The molecule has 1 fully saturated rings. The quantitative estimate of drug-likeness (QED) is 0.671. The van der Waals surface area contributed by atoms with Crippen LogP contribution in [0.1, 0.15) is 45.2 Å². The molecule has 0 bridgehead atoms. The van der Waals surface area contributed by atoms with Gasteiger partial charge >= 0.3 is 5.69 Å². The first-order valence-corrected chi connectivity index (χ1v) is 6.99. The normalized spacial score (nSPS) is 23.3. The van der Waals surface area contributed by atoms with Gasteiger partial charge < -0.3 is 5.32 Å². The third-order valence-electron chi connectivity index (χ3n) is 3.89. The lowest BCUT2D eigenvalue weighted by molar-refractivity contribution is -0.384. The van der Waals surface area contributed by atoms with Crippen LogP contribution >= 0.6 is 0 Å². The van der Waals surface area contributed by atoms with Crippen molar-refractivity contribution in [2.75, 3.05) is 5.32 Å². The van der Waals surface area contributed by atoms with Gasteiger partial charge in [0.15, 0.2) is 0 Å². The maximum absolute atomic E-state index is 11.2. The summed E-state index contributed by atoms with van der Waals surface area (Å²) < 4.78 is 1.61. The molecule has 19 heavy (non-hydrogen) atoms. The van der Waals surface area contributed by atoms with E-state index in [-0.39, 0.29) is 10.6 Å². The summed E-state index contributed by atoms with van der Waals surface area (Å²) in [5.74, 6) is 1.24. The van der Waals surface area contributed by atoms with Crippen LogP contribution in [0.25, 0.3) is 0 Å². The van der Waals surface area contributed by atoms with E-state index in [4.69, 9.17) is 0 Å². The first kappa shape index (κ1) is 13.8. The first-order chi connectivity index (χ1) is 9.02. The fraction of sp³-hybridized carbons (Fsp3) is 0.769. The lowest BCUT2D eigenvalue weighted by Crippen LogP contribution is -2.27. The SMILES string of the molecule is CCc1nn(C)c(NC2CCCC(C)C2)c1[N+](=O)[O-]. The molecule has 1 saturated carbocycles. The predicted molar refractivity (Wildman–Crippen MR) is 74.3 cm³/mol. The summed E-state index contributed by atoms with van der Waals surface area (Å²) in [6.07, 6.45) is 5.17. The molecule has 0 spiro atoms. The van der Waals surface area contributed by atoms with Gasteiger partial charge in [-0.25, -0.2) is 4.68 Å². The molecule has 1 aliphatic rings. The summed E-state index contributed by atoms with van der Waals surface area (Å²) in [6.45, 7) is 4.13. The zero-order chi connectivity index (χ0) is 14.0. The zero-order valence-corrected chi connectivity index (χ0v) is 11.8. The molecule has 1 aromatic rings. The third-order valence-corrected chi connectivity index (χ3v) is 3.89. The Kier molecular flexibility index (Phi) is 4.07. The topological polar surface area (TPSA) is 73.0 Å². The van der Waals surface area contributed by atoms with Gasteiger partial charge in [-0.2, -0.15) is 5.10 Å². The summed E-state index contributed by atoms with van der Waals surface area (Å²) in [5, 5.41) is 18.8. The minimum Gasteiger partial charge on any atom is -0.362 e. The van der Waals surface area contributed by atoms with E-state index >= 15 is 0 Å². The van der Waals surface area contributed by atoms with E-state index < -0.39 is 0 Å². The molecule has 1 aliphatic carbocycles. The Balaban J connectivity index is 2.23. The average Bonchev–Trinajstić information content (AvgIpc) is 2.66. The Hall–Kier alpha value is -1.59. The van der Waals surface area contributed by atoms with E-state index in [1.165, 1.54) is 12.8 Å². The fourth-order valence-corrected chi connectivity index (χ4v) is 2.92. The average molecular weight is 266 g/mol. The Morgan fingerprint density at radius 3 is 2.84 bits per heavy atom. The summed E-state index contributed by atoms with van der Waals surface area (Å²) in [7, 11) is 1.76. The number of nitro groups is 1. The number of hydrogen-bond donors (Lipinski definition) is 1. The maximum Gasteiger partial charge on any atom is 0.333 e. The number of aryl methyl sites for hydroxylation is 2. The van der Waals surface area contributed by atoms with E-state index in [1.807, 2.05) is 6.92 Å². The van der Waals surface area contributed by atoms with E-state index in [2.05, 4.69) is 17.3 Å². The van der Waals surface area contributed by atoms with Crippen molar-refractivity contribution < 1.29 is 4.92 Å². The molecule has 2 rings (SSSR count). The number of nitrogens with one attached hydrogen (secondary N) is 1. The zero-order valence-electron chi connectivity index (χ0n) is 11.8. The van der Waals surface area contributed by atoms with Crippen LogP contribution in [0.3, 0.4) is 0 Å². The first-order valence-electron chi connectivity index (χ1n) is 6.99. The summed E-state index contributed by atoms with van der Waals surface area (Å²) in [4.78, 5) is 10.9. The van der Waals surface area contributed by atoms with Crippen LogP contribution in [0, 0.1) is 16.0 Å². The van der Waals surface area contributed by atoms with Crippen molar-refractivity contribution in [1.29, 1.82) is 0 Å². The Morgan fingerprint density at radius 1 is 1.53 bits per heavy atom. The Labute approximate surface area is 113 Å². The molecular formula is C13H22N4O2. The van der Waals surface area contributed by atoms with Crippen LogP contribution in [0.4, 0.5) is 11.5 Å². The standard InChI is InChI=1S/C13H22N4O2/c1-4-11-12(17(18)19)13(16(3)15-11)14-10-7-5-6-9(2)8-10/h9-10,14H,4-8H2,1-3H3. The number of nitrogens with zero attached hydrogens (tertiary/aromatic N) is 3. The van der Waals surface area contributed by atoms with E-state index in [0.29, 0.717) is 29.9 Å².